The molecule has 0 saturated heterocycles. The molecule has 0 fully saturated rings. The van der Waals surface area contributed by atoms with Crippen LogP contribution in [-0.4, -0.2) is 10.7 Å². The normalized spacial score (nSPS) is 11.7. The van der Waals surface area contributed by atoms with E-state index in [1.54, 1.807) is 0 Å². The van der Waals surface area contributed by atoms with E-state index in [0.717, 1.165) is 24.3 Å². The minimum absolute atomic E-state index is 0.0502. The predicted molar refractivity (Wildman–Crippen MR) is 82.9 cm³/mol. The Morgan fingerprint density at radius 1 is 1.12 bits per heavy atom. The first-order valence-corrected chi connectivity index (χ1v) is 6.90. The number of halogens is 4. The third kappa shape index (κ3) is 4.20. The second kappa shape index (κ2) is 6.84. The molecule has 0 unspecified atom stereocenters. The quantitative estimate of drug-likeness (QED) is 0.329. The van der Waals surface area contributed by atoms with Crippen LogP contribution in [0.1, 0.15) is 21.5 Å². The Labute approximate surface area is 139 Å². The lowest BCUT2D eigenvalue weighted by Crippen LogP contribution is -2.04. The highest BCUT2D eigenvalue weighted by molar-refractivity contribution is 6.32. The first kappa shape index (κ1) is 17.7. The molecule has 24 heavy (non-hydrogen) atoms. The number of hydrogen-bond donors (Lipinski definition) is 0. The van der Waals surface area contributed by atoms with Crippen molar-refractivity contribution in [3.63, 3.8) is 0 Å². The Morgan fingerprint density at radius 2 is 1.75 bits per heavy atom. The van der Waals surface area contributed by atoms with Crippen LogP contribution in [0.3, 0.4) is 0 Å². The van der Waals surface area contributed by atoms with Crippen LogP contribution in [0.5, 0.6) is 0 Å². The van der Waals surface area contributed by atoms with Gasteiger partial charge in [0.15, 0.2) is 5.78 Å². The molecule has 2 rings (SSSR count). The van der Waals surface area contributed by atoms with Crippen LogP contribution < -0.4 is 0 Å². The highest BCUT2D eigenvalue weighted by atomic mass is 35.5. The molecular formula is C16H9ClF3NO3. The Balaban J connectivity index is 2.19. The van der Waals surface area contributed by atoms with Crippen molar-refractivity contribution in [2.45, 2.75) is 6.18 Å². The summed E-state index contributed by atoms with van der Waals surface area (Å²) < 4.78 is 37.4. The number of allylic oxidation sites excluding steroid dienone is 1. The minimum Gasteiger partial charge on any atom is -0.289 e. The van der Waals surface area contributed by atoms with Gasteiger partial charge in [0.2, 0.25) is 0 Å². The van der Waals surface area contributed by atoms with Gasteiger partial charge in [-0.05, 0) is 35.9 Å². The molecule has 0 aromatic heterocycles. The Morgan fingerprint density at radius 3 is 2.29 bits per heavy atom. The second-order valence-corrected chi connectivity index (χ2v) is 5.15. The van der Waals surface area contributed by atoms with Crippen LogP contribution >= 0.6 is 11.6 Å². The summed E-state index contributed by atoms with van der Waals surface area (Å²) in [7, 11) is 0. The van der Waals surface area contributed by atoms with Gasteiger partial charge in [0.05, 0.1) is 10.5 Å². The molecule has 0 saturated carbocycles. The standard InChI is InChI=1S/C16H9ClF3NO3/c17-13-7-4-11(9-14(13)21(23)24)15(22)8-3-10-1-5-12(6-2-10)16(18,19)20/h1-9H. The van der Waals surface area contributed by atoms with Gasteiger partial charge in [-0.2, -0.15) is 13.2 Å². The lowest BCUT2D eigenvalue weighted by molar-refractivity contribution is -0.384. The van der Waals surface area contributed by atoms with Crippen molar-refractivity contribution in [3.05, 3.63) is 80.4 Å². The van der Waals surface area contributed by atoms with E-state index in [0.29, 0.717) is 5.56 Å². The van der Waals surface area contributed by atoms with Gasteiger partial charge in [-0.3, -0.25) is 14.9 Å². The van der Waals surface area contributed by atoms with Gasteiger partial charge in [-0.1, -0.05) is 29.8 Å². The van der Waals surface area contributed by atoms with Gasteiger partial charge < -0.3 is 0 Å². The first-order chi connectivity index (χ1) is 11.2. The van der Waals surface area contributed by atoms with Crippen LogP contribution in [0.4, 0.5) is 18.9 Å². The minimum atomic E-state index is -4.43. The molecule has 2 aromatic carbocycles. The van der Waals surface area contributed by atoms with E-state index in [2.05, 4.69) is 0 Å². The smallest absolute Gasteiger partial charge is 0.289 e. The summed E-state index contributed by atoms with van der Waals surface area (Å²) in [6.07, 6.45) is -1.99. The SMILES string of the molecule is O=C(C=Cc1ccc(C(F)(F)F)cc1)c1ccc(Cl)c([N+](=O)[O-])c1. The van der Waals surface area contributed by atoms with E-state index in [1.165, 1.54) is 30.3 Å². The molecule has 2 aromatic rings. The third-order valence-corrected chi connectivity index (χ3v) is 3.41. The van der Waals surface area contributed by atoms with E-state index in [9.17, 15) is 28.1 Å². The Bertz CT molecular complexity index is 814. The lowest BCUT2D eigenvalue weighted by Gasteiger charge is -2.05. The average Bonchev–Trinajstić information content (AvgIpc) is 2.52. The average molecular weight is 356 g/mol. The van der Waals surface area contributed by atoms with Gasteiger partial charge in [0.1, 0.15) is 5.02 Å². The third-order valence-electron chi connectivity index (χ3n) is 3.09. The molecule has 0 aliphatic carbocycles. The molecule has 0 N–H and O–H groups in total. The highest BCUT2D eigenvalue weighted by Gasteiger charge is 2.29. The lowest BCUT2D eigenvalue weighted by atomic mass is 10.1. The molecule has 0 aliphatic heterocycles. The van der Waals surface area contributed by atoms with Gasteiger partial charge in [-0.25, -0.2) is 0 Å². The van der Waals surface area contributed by atoms with Gasteiger partial charge in [0, 0.05) is 11.6 Å². The van der Waals surface area contributed by atoms with Crippen LogP contribution in [-0.2, 0) is 6.18 Å². The van der Waals surface area contributed by atoms with Gasteiger partial charge in [-0.15, -0.1) is 0 Å². The van der Waals surface area contributed by atoms with Crippen LogP contribution in [0.25, 0.3) is 6.08 Å². The number of carbonyl (C=O) groups is 1. The zero-order valence-electron chi connectivity index (χ0n) is 11.9. The number of benzene rings is 2. The summed E-state index contributed by atoms with van der Waals surface area (Å²) >= 11 is 5.66. The molecule has 0 radical (unpaired) electrons. The van der Waals surface area contributed by atoms with E-state index in [-0.39, 0.29) is 10.6 Å². The molecule has 0 spiro atoms. The maximum atomic E-state index is 12.5. The summed E-state index contributed by atoms with van der Waals surface area (Å²) in [5.41, 5.74) is -0.751. The largest absolute Gasteiger partial charge is 0.416 e. The van der Waals surface area contributed by atoms with E-state index in [1.807, 2.05) is 0 Å². The number of ketones is 1. The van der Waals surface area contributed by atoms with Crippen LogP contribution in [0, 0.1) is 10.1 Å². The number of alkyl halides is 3. The second-order valence-electron chi connectivity index (χ2n) is 4.74. The molecule has 0 bridgehead atoms. The van der Waals surface area contributed by atoms with E-state index in [4.69, 9.17) is 11.6 Å². The monoisotopic (exact) mass is 355 g/mol. The molecule has 124 valence electrons. The Hall–Kier alpha value is -2.67. The summed E-state index contributed by atoms with van der Waals surface area (Å²) in [5.74, 6) is -0.533. The van der Waals surface area contributed by atoms with Crippen LogP contribution in [0.2, 0.25) is 5.02 Å². The van der Waals surface area contributed by atoms with Crippen molar-refractivity contribution in [3.8, 4) is 0 Å². The van der Waals surface area contributed by atoms with Crippen molar-refractivity contribution in [1.29, 1.82) is 0 Å². The van der Waals surface area contributed by atoms with Crippen molar-refractivity contribution >= 4 is 29.1 Å². The summed E-state index contributed by atoms with van der Waals surface area (Å²) in [4.78, 5) is 22.1. The van der Waals surface area contributed by atoms with Crippen molar-refractivity contribution in [1.82, 2.24) is 0 Å². The molecule has 4 nitrogen and oxygen atoms in total. The summed E-state index contributed by atoms with van der Waals surface area (Å²) in [6.45, 7) is 0. The zero-order chi connectivity index (χ0) is 17.9. The van der Waals surface area contributed by atoms with Crippen molar-refractivity contribution in [2.24, 2.45) is 0 Å². The van der Waals surface area contributed by atoms with Crippen molar-refractivity contribution in [2.75, 3.05) is 0 Å². The number of carbonyl (C=O) groups excluding carboxylic acids is 1. The first-order valence-electron chi connectivity index (χ1n) is 6.52. The van der Waals surface area contributed by atoms with Crippen molar-refractivity contribution < 1.29 is 22.9 Å². The fourth-order valence-electron chi connectivity index (χ4n) is 1.86. The number of nitrogens with zero attached hydrogens (tertiary/aromatic N) is 1. The molecule has 8 heteroatoms. The maximum Gasteiger partial charge on any atom is 0.416 e. The molecule has 0 atom stereocenters. The number of nitro groups is 1. The van der Waals surface area contributed by atoms with Gasteiger partial charge >= 0.3 is 6.18 Å². The van der Waals surface area contributed by atoms with Gasteiger partial charge in [0.25, 0.3) is 5.69 Å². The molecule has 0 aliphatic rings. The highest BCUT2D eigenvalue weighted by Crippen LogP contribution is 2.29. The number of hydrogen-bond acceptors (Lipinski definition) is 3. The number of nitro benzene ring substituents is 1. The predicted octanol–water partition coefficient (Wildman–Crippen LogP) is 5.16. The number of rotatable bonds is 4. The molecule has 0 heterocycles. The fourth-order valence-corrected chi connectivity index (χ4v) is 2.04. The molecule has 0 amide bonds. The zero-order valence-corrected chi connectivity index (χ0v) is 12.6. The van der Waals surface area contributed by atoms with E-state index >= 15 is 0 Å². The fraction of sp³-hybridized carbons (Fsp3) is 0.0625. The maximum absolute atomic E-state index is 12.5. The van der Waals surface area contributed by atoms with E-state index < -0.39 is 28.1 Å². The molecular weight excluding hydrogens is 347 g/mol. The summed E-state index contributed by atoms with van der Waals surface area (Å²) in [5, 5.41) is 10.7. The summed E-state index contributed by atoms with van der Waals surface area (Å²) in [6, 6.07) is 7.85. The Kier molecular flexibility index (Phi) is 5.04. The topological polar surface area (TPSA) is 60.2 Å². The van der Waals surface area contributed by atoms with Crippen LogP contribution in [0.15, 0.2) is 48.5 Å².